The molecule has 1 unspecified atom stereocenters. The predicted molar refractivity (Wildman–Crippen MR) is 112 cm³/mol. The highest BCUT2D eigenvalue weighted by atomic mass is 19.1. The molecular formula is C23H19FN3O4+. The van der Waals surface area contributed by atoms with Crippen molar-refractivity contribution in [3.05, 3.63) is 103 Å². The van der Waals surface area contributed by atoms with Gasteiger partial charge in [0, 0.05) is 18.2 Å². The number of aliphatic hydroxyl groups is 1. The summed E-state index contributed by atoms with van der Waals surface area (Å²) in [6, 6.07) is 13.1. The van der Waals surface area contributed by atoms with Crippen molar-refractivity contribution in [3.8, 4) is 0 Å². The number of rotatable bonds is 4. The Bertz CT molecular complexity index is 1380. The van der Waals surface area contributed by atoms with Gasteiger partial charge in [0.25, 0.3) is 11.4 Å². The van der Waals surface area contributed by atoms with Gasteiger partial charge < -0.3 is 9.84 Å². The van der Waals surface area contributed by atoms with Gasteiger partial charge in [-0.3, -0.25) is 9.78 Å². The summed E-state index contributed by atoms with van der Waals surface area (Å²) in [5.74, 6) is -0.720. The van der Waals surface area contributed by atoms with Crippen LogP contribution in [0.5, 0.6) is 0 Å². The van der Waals surface area contributed by atoms with Crippen molar-refractivity contribution in [1.82, 2.24) is 9.55 Å². The number of allylic oxidation sites excluding steroid dienone is 1. The molecule has 3 N–H and O–H groups in total. The van der Waals surface area contributed by atoms with E-state index >= 15 is 0 Å². The highest BCUT2D eigenvalue weighted by Crippen LogP contribution is 2.43. The zero-order valence-corrected chi connectivity index (χ0v) is 16.6. The highest BCUT2D eigenvalue weighted by molar-refractivity contribution is 6.21. The third-order valence-electron chi connectivity index (χ3n) is 5.75. The number of fused-ring (bicyclic) bond motifs is 4. The normalized spacial score (nSPS) is 16.6. The van der Waals surface area contributed by atoms with Crippen LogP contribution in [0.15, 0.2) is 63.7 Å². The average Bonchev–Trinajstić information content (AvgIpc) is 3.05. The van der Waals surface area contributed by atoms with Crippen LogP contribution in [0.2, 0.25) is 0 Å². The van der Waals surface area contributed by atoms with E-state index in [0.29, 0.717) is 28.2 Å². The molecule has 5 rings (SSSR count). The summed E-state index contributed by atoms with van der Waals surface area (Å²) >= 11 is 0. The fourth-order valence-electron chi connectivity index (χ4n) is 4.37. The van der Waals surface area contributed by atoms with Crippen LogP contribution >= 0.6 is 0 Å². The van der Waals surface area contributed by atoms with E-state index < -0.39 is 23.0 Å². The third kappa shape index (κ3) is 2.87. The molecule has 1 aromatic heterocycles. The molecule has 0 spiro atoms. The molecular weight excluding hydrogens is 401 g/mol. The summed E-state index contributed by atoms with van der Waals surface area (Å²) in [4.78, 5) is 31.2. The fourth-order valence-corrected chi connectivity index (χ4v) is 4.37. The lowest BCUT2D eigenvalue weighted by atomic mass is 9.81. The number of hydrogen-bond donors (Lipinski definition) is 3. The number of aliphatic hydroxyl groups excluding tert-OH is 1. The van der Waals surface area contributed by atoms with E-state index in [2.05, 4.69) is 9.98 Å². The van der Waals surface area contributed by atoms with Gasteiger partial charge in [-0.25, -0.2) is 14.2 Å². The van der Waals surface area contributed by atoms with Crippen molar-refractivity contribution in [2.24, 2.45) is 0 Å². The van der Waals surface area contributed by atoms with Crippen LogP contribution in [0.25, 0.3) is 5.76 Å². The van der Waals surface area contributed by atoms with Crippen LogP contribution in [0.4, 0.5) is 10.2 Å². The first kappa shape index (κ1) is 19.2. The lowest BCUT2D eigenvalue weighted by Gasteiger charge is -2.23. The number of methoxy groups -OCH3 is 1. The minimum Gasteiger partial charge on any atom is -0.507 e. The molecule has 2 aliphatic rings. The minimum absolute atomic E-state index is 0.0483. The van der Waals surface area contributed by atoms with Gasteiger partial charge in [-0.2, -0.15) is 4.57 Å². The Hall–Kier alpha value is -3.78. The number of ether oxygens (including phenoxy) is 1. The molecule has 0 amide bonds. The van der Waals surface area contributed by atoms with Crippen molar-refractivity contribution >= 4 is 17.3 Å². The van der Waals surface area contributed by atoms with Crippen LogP contribution < -0.4 is 16.2 Å². The molecule has 156 valence electrons. The van der Waals surface area contributed by atoms with Crippen LogP contribution in [-0.2, 0) is 11.3 Å². The first-order valence-electron chi connectivity index (χ1n) is 9.80. The number of aromatic nitrogens is 2. The maximum Gasteiger partial charge on any atom is 0.415 e. The maximum absolute atomic E-state index is 13.6. The Balaban J connectivity index is 1.87. The second-order valence-electron chi connectivity index (χ2n) is 7.46. The van der Waals surface area contributed by atoms with Crippen LogP contribution in [0, 0.1) is 5.82 Å². The Morgan fingerprint density at radius 2 is 1.84 bits per heavy atom. The molecule has 8 heteroatoms. The highest BCUT2D eigenvalue weighted by Gasteiger charge is 2.44. The Kier molecular flexibility index (Phi) is 4.44. The zero-order chi connectivity index (χ0) is 21.7. The molecule has 1 atom stereocenters. The summed E-state index contributed by atoms with van der Waals surface area (Å²) in [5, 5.41) is 11.1. The van der Waals surface area contributed by atoms with Gasteiger partial charge in [-0.05, 0) is 23.8 Å². The van der Waals surface area contributed by atoms with E-state index in [0.717, 1.165) is 5.56 Å². The number of H-pyrrole nitrogens is 1. The van der Waals surface area contributed by atoms with E-state index in [1.54, 1.807) is 18.2 Å². The number of benzene rings is 2. The maximum atomic E-state index is 13.6. The van der Waals surface area contributed by atoms with E-state index in [1.165, 1.54) is 23.8 Å². The fraction of sp³-hybridized carbons (Fsp3) is 0.174. The summed E-state index contributed by atoms with van der Waals surface area (Å²) < 4.78 is 20.2. The van der Waals surface area contributed by atoms with Gasteiger partial charge in [-0.15, -0.1) is 0 Å². The van der Waals surface area contributed by atoms with Crippen molar-refractivity contribution in [2.45, 2.75) is 12.5 Å². The lowest BCUT2D eigenvalue weighted by Crippen LogP contribution is -2.72. The molecule has 0 fully saturated rings. The summed E-state index contributed by atoms with van der Waals surface area (Å²) in [6.45, 7) is 0.485. The third-order valence-corrected chi connectivity index (χ3v) is 5.75. The van der Waals surface area contributed by atoms with Crippen LogP contribution in [0.1, 0.15) is 28.2 Å². The molecule has 31 heavy (non-hydrogen) atoms. The quantitative estimate of drug-likeness (QED) is 0.586. The molecule has 0 bridgehead atoms. The largest absolute Gasteiger partial charge is 0.507 e. The smallest absolute Gasteiger partial charge is 0.415 e. The topological polar surface area (TPSA) is 98.3 Å². The number of hydrogen-bond acceptors (Lipinski definition) is 4. The van der Waals surface area contributed by atoms with Crippen molar-refractivity contribution in [1.29, 1.82) is 0 Å². The Morgan fingerprint density at radius 1 is 1.13 bits per heavy atom. The van der Waals surface area contributed by atoms with Gasteiger partial charge >= 0.3 is 5.69 Å². The van der Waals surface area contributed by atoms with E-state index in [-0.39, 0.29) is 24.5 Å². The Labute approximate surface area is 175 Å². The minimum atomic E-state index is -0.697. The van der Waals surface area contributed by atoms with Gasteiger partial charge in [0.15, 0.2) is 0 Å². The van der Waals surface area contributed by atoms with E-state index in [4.69, 9.17) is 4.74 Å². The molecule has 7 nitrogen and oxygen atoms in total. The lowest BCUT2D eigenvalue weighted by molar-refractivity contribution is -0.364. The van der Waals surface area contributed by atoms with E-state index in [9.17, 15) is 19.1 Å². The van der Waals surface area contributed by atoms with Crippen molar-refractivity contribution < 1.29 is 19.2 Å². The first-order chi connectivity index (χ1) is 15.0. The second-order valence-corrected chi connectivity index (χ2v) is 7.46. The summed E-state index contributed by atoms with van der Waals surface area (Å²) in [5.41, 5.74) is 2.30. The number of halogens is 1. The molecule has 1 aliphatic heterocycles. The molecule has 0 saturated heterocycles. The molecule has 1 aliphatic carbocycles. The van der Waals surface area contributed by atoms with E-state index in [1.807, 2.05) is 18.2 Å². The van der Waals surface area contributed by atoms with Crippen molar-refractivity contribution in [2.75, 3.05) is 13.7 Å². The number of aromatic amines is 1. The molecule has 2 heterocycles. The van der Waals surface area contributed by atoms with Gasteiger partial charge in [0.05, 0.1) is 18.1 Å². The summed E-state index contributed by atoms with van der Waals surface area (Å²) in [6.07, 6.45) is 0. The first-order valence-corrected chi connectivity index (χ1v) is 9.80. The number of nitrogens with zero attached hydrogens (tertiary/aromatic N) is 1. The number of nitrogens with one attached hydrogen (secondary N) is 2. The monoisotopic (exact) mass is 420 g/mol. The second kappa shape index (κ2) is 7.17. The van der Waals surface area contributed by atoms with Crippen LogP contribution in [0.3, 0.4) is 0 Å². The molecule has 0 radical (unpaired) electrons. The standard InChI is InChI=1S/C23H18FN3O4/c1-31-11-10-27-21-18(22(29)26-23(27)30)16(12-6-8-13(24)9-7-12)17-19(25-21)14-4-2-3-5-15(14)20(17)28/h2-9,16,28H,10-11H2,1H3,(H,26,29,30)/p+1. The van der Waals surface area contributed by atoms with Gasteiger partial charge in [-0.1, -0.05) is 30.3 Å². The average molecular weight is 420 g/mol. The van der Waals surface area contributed by atoms with Gasteiger partial charge in [0.2, 0.25) is 0 Å². The SMILES string of the molecule is COCCn1c2c(c(=O)[nH]c1=O)C(c1ccc(F)cc1)C1=C(O)c3ccccc3C1=[NH+]2. The molecule has 0 saturated carbocycles. The molecule has 3 aromatic rings. The predicted octanol–water partition coefficient (Wildman–Crippen LogP) is 0.952. The van der Waals surface area contributed by atoms with Gasteiger partial charge in [0.1, 0.15) is 29.4 Å². The Morgan fingerprint density at radius 3 is 2.55 bits per heavy atom. The zero-order valence-electron chi connectivity index (χ0n) is 16.6. The molecule has 2 aromatic carbocycles. The summed E-state index contributed by atoms with van der Waals surface area (Å²) in [7, 11) is 1.53. The van der Waals surface area contributed by atoms with Crippen LogP contribution in [-0.4, -0.2) is 34.1 Å². The van der Waals surface area contributed by atoms with Crippen molar-refractivity contribution in [3.63, 3.8) is 0 Å².